The summed E-state index contributed by atoms with van der Waals surface area (Å²) in [4.78, 5) is 2.50. The summed E-state index contributed by atoms with van der Waals surface area (Å²) in [7, 11) is -1.51. The zero-order valence-electron chi connectivity index (χ0n) is 12.2. The van der Waals surface area contributed by atoms with Gasteiger partial charge >= 0.3 is 0 Å². The number of primary sulfonamides is 1. The molecule has 1 aliphatic rings. The fraction of sp³-hybridized carbons (Fsp3) is 0.571. The molecule has 1 aromatic carbocycles. The summed E-state index contributed by atoms with van der Waals surface area (Å²) in [5, 5.41) is 8.61. The minimum Gasteiger partial charge on any atom is -0.382 e. The highest BCUT2D eigenvalue weighted by Gasteiger charge is 2.28. The van der Waals surface area contributed by atoms with E-state index < -0.39 is 10.0 Å². The lowest BCUT2D eigenvalue weighted by molar-refractivity contribution is 0.145. The van der Waals surface area contributed by atoms with Gasteiger partial charge in [-0.05, 0) is 44.5 Å². The molecule has 0 amide bonds. The van der Waals surface area contributed by atoms with Crippen LogP contribution in [-0.4, -0.2) is 39.0 Å². The second-order valence-corrected chi connectivity index (χ2v) is 7.39. The average Bonchev–Trinajstić information content (AvgIpc) is 2.35. The topological polar surface area (TPSA) is 75.4 Å². The van der Waals surface area contributed by atoms with Gasteiger partial charge in [0.2, 0.25) is 10.0 Å². The van der Waals surface area contributed by atoms with E-state index in [1.807, 2.05) is 6.07 Å². The van der Waals surface area contributed by atoms with Crippen molar-refractivity contribution >= 4 is 15.7 Å². The van der Waals surface area contributed by atoms with E-state index in [2.05, 4.69) is 31.1 Å². The van der Waals surface area contributed by atoms with Gasteiger partial charge in [0, 0.05) is 24.3 Å². The van der Waals surface area contributed by atoms with Gasteiger partial charge in [-0.25, -0.2) is 13.6 Å². The zero-order valence-corrected chi connectivity index (χ0v) is 13.0. The Labute approximate surface area is 121 Å². The first kappa shape index (κ1) is 15.3. The number of likely N-dealkylation sites (tertiary alicyclic amines) is 1. The fourth-order valence-corrected chi connectivity index (χ4v) is 3.28. The van der Waals surface area contributed by atoms with Crippen molar-refractivity contribution in [3.05, 3.63) is 24.3 Å². The molecule has 0 spiro atoms. The van der Waals surface area contributed by atoms with Crippen LogP contribution in [0.3, 0.4) is 0 Å². The molecular formula is C14H23N3O2S. The lowest BCUT2D eigenvalue weighted by Crippen LogP contribution is -2.48. The molecule has 3 N–H and O–H groups in total. The van der Waals surface area contributed by atoms with Crippen LogP contribution >= 0.6 is 0 Å². The second-order valence-electron chi connectivity index (χ2n) is 5.83. The van der Waals surface area contributed by atoms with Crippen LogP contribution in [0, 0.1) is 5.92 Å². The van der Waals surface area contributed by atoms with Crippen LogP contribution in [0.5, 0.6) is 0 Å². The summed E-state index contributed by atoms with van der Waals surface area (Å²) in [6.45, 7) is 5.46. The summed E-state index contributed by atoms with van der Waals surface area (Å²) in [5.41, 5.74) is 0.810. The van der Waals surface area contributed by atoms with Crippen molar-refractivity contribution in [3.63, 3.8) is 0 Å². The quantitative estimate of drug-likeness (QED) is 0.886. The fourth-order valence-electron chi connectivity index (χ4n) is 2.72. The molecule has 0 saturated carbocycles. The van der Waals surface area contributed by atoms with E-state index in [4.69, 9.17) is 5.14 Å². The molecule has 1 saturated heterocycles. The highest BCUT2D eigenvalue weighted by atomic mass is 32.2. The van der Waals surface area contributed by atoms with Crippen LogP contribution < -0.4 is 10.5 Å². The summed E-state index contributed by atoms with van der Waals surface area (Å²) < 4.78 is 22.8. The Bertz CT molecular complexity index is 574. The predicted molar refractivity (Wildman–Crippen MR) is 81.1 cm³/mol. The predicted octanol–water partition coefficient (Wildman–Crippen LogP) is 1.47. The van der Waals surface area contributed by atoms with Crippen molar-refractivity contribution in [3.8, 4) is 0 Å². The third kappa shape index (κ3) is 3.50. The Morgan fingerprint density at radius 2 is 2.05 bits per heavy atom. The number of piperidine rings is 1. The molecule has 1 aliphatic heterocycles. The lowest BCUT2D eigenvalue weighted by atomic mass is 9.89. The minimum absolute atomic E-state index is 0.149. The Morgan fingerprint density at radius 3 is 2.70 bits per heavy atom. The number of nitrogens with one attached hydrogen (secondary N) is 1. The molecular weight excluding hydrogens is 274 g/mol. The first-order chi connectivity index (χ1) is 9.27. The van der Waals surface area contributed by atoms with Gasteiger partial charge in [-0.3, -0.25) is 0 Å². The summed E-state index contributed by atoms with van der Waals surface area (Å²) in [5.74, 6) is 0.509. The molecule has 1 heterocycles. The van der Waals surface area contributed by atoms with E-state index >= 15 is 0 Å². The van der Waals surface area contributed by atoms with Crippen LogP contribution in [0.2, 0.25) is 0 Å². The Hall–Kier alpha value is -1.11. The number of benzene rings is 1. The monoisotopic (exact) mass is 297 g/mol. The van der Waals surface area contributed by atoms with Gasteiger partial charge in [0.25, 0.3) is 0 Å². The molecule has 3 unspecified atom stereocenters. The molecule has 0 aromatic heterocycles. The number of hydrogen-bond donors (Lipinski definition) is 2. The van der Waals surface area contributed by atoms with E-state index in [9.17, 15) is 8.42 Å². The average molecular weight is 297 g/mol. The van der Waals surface area contributed by atoms with Gasteiger partial charge in [0.1, 0.15) is 0 Å². The van der Waals surface area contributed by atoms with Crippen LogP contribution in [0.15, 0.2) is 29.2 Å². The number of hydrogen-bond acceptors (Lipinski definition) is 4. The Balaban J connectivity index is 2.14. The largest absolute Gasteiger partial charge is 0.382 e. The maximum atomic E-state index is 11.4. The molecule has 6 heteroatoms. The van der Waals surface area contributed by atoms with E-state index in [1.165, 1.54) is 6.07 Å². The van der Waals surface area contributed by atoms with E-state index in [0.717, 1.165) is 18.7 Å². The number of sulfonamides is 1. The highest BCUT2D eigenvalue weighted by molar-refractivity contribution is 7.89. The lowest BCUT2D eigenvalue weighted by Gasteiger charge is -2.40. The second kappa shape index (κ2) is 5.71. The molecule has 3 atom stereocenters. The van der Waals surface area contributed by atoms with Crippen LogP contribution in [0.25, 0.3) is 0 Å². The van der Waals surface area contributed by atoms with Crippen molar-refractivity contribution in [1.29, 1.82) is 0 Å². The maximum absolute atomic E-state index is 11.4. The molecule has 1 fully saturated rings. The number of anilines is 1. The van der Waals surface area contributed by atoms with Crippen molar-refractivity contribution in [2.45, 2.75) is 37.2 Å². The van der Waals surface area contributed by atoms with E-state index in [0.29, 0.717) is 18.0 Å². The molecule has 0 radical (unpaired) electrons. The number of nitrogens with two attached hydrogens (primary N) is 1. The minimum atomic E-state index is -3.65. The molecule has 1 aromatic rings. The summed E-state index contributed by atoms with van der Waals surface area (Å²) >= 11 is 0. The molecule has 5 nitrogen and oxygen atoms in total. The van der Waals surface area contributed by atoms with Crippen molar-refractivity contribution < 1.29 is 8.42 Å². The van der Waals surface area contributed by atoms with Gasteiger partial charge in [-0.15, -0.1) is 0 Å². The van der Waals surface area contributed by atoms with E-state index in [1.54, 1.807) is 12.1 Å². The third-order valence-electron chi connectivity index (χ3n) is 4.12. The number of rotatable bonds is 3. The SMILES string of the molecule is CC1CN(C)C(C)CC1Nc1cccc(S(N)(=O)=O)c1. The standard InChI is InChI=1S/C14H23N3O2S/c1-10-9-17(3)11(2)7-14(10)16-12-5-4-6-13(8-12)20(15,18)19/h4-6,8,10-11,14,16H,7,9H2,1-3H3,(H2,15,18,19). The Kier molecular flexibility index (Phi) is 4.36. The third-order valence-corrected chi connectivity index (χ3v) is 5.04. The van der Waals surface area contributed by atoms with Crippen LogP contribution in [0.4, 0.5) is 5.69 Å². The zero-order chi connectivity index (χ0) is 14.9. The smallest absolute Gasteiger partial charge is 0.238 e. The number of nitrogens with zero attached hydrogens (tertiary/aromatic N) is 1. The van der Waals surface area contributed by atoms with Gasteiger partial charge < -0.3 is 10.2 Å². The normalized spacial score (nSPS) is 28.3. The first-order valence-electron chi connectivity index (χ1n) is 6.87. The van der Waals surface area contributed by atoms with Crippen molar-refractivity contribution in [1.82, 2.24) is 4.90 Å². The van der Waals surface area contributed by atoms with Crippen molar-refractivity contribution in [2.24, 2.45) is 11.1 Å². The Morgan fingerprint density at radius 1 is 1.35 bits per heavy atom. The maximum Gasteiger partial charge on any atom is 0.238 e. The highest BCUT2D eigenvalue weighted by Crippen LogP contribution is 2.25. The molecule has 20 heavy (non-hydrogen) atoms. The van der Waals surface area contributed by atoms with Crippen LogP contribution in [-0.2, 0) is 10.0 Å². The molecule has 2 rings (SSSR count). The van der Waals surface area contributed by atoms with Gasteiger partial charge in [-0.1, -0.05) is 13.0 Å². The van der Waals surface area contributed by atoms with Crippen LogP contribution in [0.1, 0.15) is 20.3 Å². The van der Waals surface area contributed by atoms with Gasteiger partial charge in [0.15, 0.2) is 0 Å². The summed E-state index contributed by atoms with van der Waals surface area (Å²) in [6.07, 6.45) is 1.04. The van der Waals surface area contributed by atoms with Gasteiger partial charge in [0.05, 0.1) is 4.90 Å². The molecule has 0 aliphatic carbocycles. The molecule has 0 bridgehead atoms. The first-order valence-corrected chi connectivity index (χ1v) is 8.41. The van der Waals surface area contributed by atoms with Gasteiger partial charge in [-0.2, -0.15) is 0 Å². The van der Waals surface area contributed by atoms with Crippen molar-refractivity contribution in [2.75, 3.05) is 18.9 Å². The molecule has 112 valence electrons. The van der Waals surface area contributed by atoms with E-state index in [-0.39, 0.29) is 4.90 Å². The summed E-state index contributed by atoms with van der Waals surface area (Å²) in [6, 6.07) is 7.57.